The number of halogens is 1. The topological polar surface area (TPSA) is 75.0 Å². The highest BCUT2D eigenvalue weighted by atomic mass is 19.1. The van der Waals surface area contributed by atoms with Gasteiger partial charge >= 0.3 is 5.97 Å². The summed E-state index contributed by atoms with van der Waals surface area (Å²) < 4.78 is 23.7. The maximum atomic E-state index is 13.3. The van der Waals surface area contributed by atoms with Crippen molar-refractivity contribution in [2.24, 2.45) is 0 Å². The summed E-state index contributed by atoms with van der Waals surface area (Å²) in [7, 11) is 1.35. The first-order chi connectivity index (χ1) is 13.9. The van der Waals surface area contributed by atoms with Crippen LogP contribution in [0.5, 0.6) is 0 Å². The summed E-state index contributed by atoms with van der Waals surface area (Å²) in [5.74, 6) is 0.322. The number of rotatable bonds is 6. The van der Waals surface area contributed by atoms with Gasteiger partial charge in [0.25, 0.3) is 0 Å². The number of amides is 1. The van der Waals surface area contributed by atoms with Crippen molar-refractivity contribution in [3.8, 4) is 0 Å². The van der Waals surface area contributed by atoms with Crippen LogP contribution in [0.4, 0.5) is 10.1 Å². The Bertz CT molecular complexity index is 875. The molecule has 0 bridgehead atoms. The first-order valence-corrected chi connectivity index (χ1v) is 9.58. The van der Waals surface area contributed by atoms with Gasteiger partial charge in [-0.25, -0.2) is 9.18 Å². The Morgan fingerprint density at radius 1 is 1.24 bits per heavy atom. The molecule has 8 heteroatoms. The summed E-state index contributed by atoms with van der Waals surface area (Å²) in [5.41, 5.74) is 0.902. The van der Waals surface area contributed by atoms with Crippen LogP contribution in [-0.2, 0) is 16.1 Å². The predicted octanol–water partition coefficient (Wildman–Crippen LogP) is 2.66. The molecule has 1 fully saturated rings. The molecule has 1 N–H and O–H groups in total. The molecule has 0 spiro atoms. The summed E-state index contributed by atoms with van der Waals surface area (Å²) >= 11 is 0. The van der Waals surface area contributed by atoms with Gasteiger partial charge in [0.1, 0.15) is 22.9 Å². The van der Waals surface area contributed by atoms with E-state index in [1.807, 2.05) is 6.92 Å². The fraction of sp³-hybridized carbons (Fsp3) is 0.429. The standard InChI is InChI=1S/C21H26FN3O4/c1-14(20(26)23-17-6-4-5-16(22)11-17)25-9-7-24(8-10-25)13-18-12-19(15(2)29-18)21(27)28-3/h4-6,11-12,14H,7-10,13H2,1-3H3,(H,23,26). The SMILES string of the molecule is COC(=O)c1cc(CN2CCN(C(C)C(=O)Nc3cccc(F)c3)CC2)oc1C. The van der Waals surface area contributed by atoms with Gasteiger partial charge in [0.05, 0.1) is 19.7 Å². The normalized spacial score (nSPS) is 16.4. The minimum absolute atomic E-state index is 0.159. The lowest BCUT2D eigenvalue weighted by atomic mass is 10.2. The van der Waals surface area contributed by atoms with Gasteiger partial charge in [0.15, 0.2) is 0 Å². The first kappa shape index (κ1) is 21.0. The van der Waals surface area contributed by atoms with Gasteiger partial charge in [-0.1, -0.05) is 6.07 Å². The largest absolute Gasteiger partial charge is 0.465 e. The van der Waals surface area contributed by atoms with Crippen molar-refractivity contribution in [2.75, 3.05) is 38.6 Å². The number of nitrogens with zero attached hydrogens (tertiary/aromatic N) is 2. The summed E-state index contributed by atoms with van der Waals surface area (Å²) in [4.78, 5) is 28.5. The van der Waals surface area contributed by atoms with Crippen LogP contribution in [0.2, 0.25) is 0 Å². The van der Waals surface area contributed by atoms with Gasteiger partial charge in [-0.2, -0.15) is 0 Å². The Morgan fingerprint density at radius 2 is 1.97 bits per heavy atom. The average molecular weight is 403 g/mol. The third-order valence-corrected chi connectivity index (χ3v) is 5.18. The van der Waals surface area contributed by atoms with E-state index in [1.165, 1.54) is 19.2 Å². The van der Waals surface area contributed by atoms with E-state index in [0.29, 0.717) is 29.3 Å². The second kappa shape index (κ2) is 9.19. The molecule has 156 valence electrons. The number of benzene rings is 1. The van der Waals surface area contributed by atoms with E-state index in [9.17, 15) is 14.0 Å². The smallest absolute Gasteiger partial charge is 0.341 e. The fourth-order valence-electron chi connectivity index (χ4n) is 3.44. The van der Waals surface area contributed by atoms with E-state index in [4.69, 9.17) is 9.15 Å². The number of esters is 1. The molecule has 1 aromatic carbocycles. The summed E-state index contributed by atoms with van der Waals surface area (Å²) in [6, 6.07) is 7.28. The number of hydrogen-bond donors (Lipinski definition) is 1. The molecule has 1 amide bonds. The van der Waals surface area contributed by atoms with Crippen LogP contribution in [0.15, 0.2) is 34.7 Å². The van der Waals surface area contributed by atoms with E-state index in [1.54, 1.807) is 25.1 Å². The molecule has 1 aromatic heterocycles. The number of methoxy groups -OCH3 is 1. The van der Waals surface area contributed by atoms with E-state index >= 15 is 0 Å². The Balaban J connectivity index is 1.51. The minimum atomic E-state index is -0.402. The number of aryl methyl sites for hydroxylation is 1. The molecule has 0 radical (unpaired) electrons. The highest BCUT2D eigenvalue weighted by Gasteiger charge is 2.26. The van der Waals surface area contributed by atoms with Gasteiger partial charge in [0.2, 0.25) is 5.91 Å². The monoisotopic (exact) mass is 403 g/mol. The number of piperazine rings is 1. The number of furan rings is 1. The molecule has 1 unspecified atom stereocenters. The van der Waals surface area contributed by atoms with Crippen LogP contribution in [0.3, 0.4) is 0 Å². The number of carbonyl (C=O) groups excluding carboxylic acids is 2. The maximum absolute atomic E-state index is 13.3. The highest BCUT2D eigenvalue weighted by molar-refractivity contribution is 5.94. The zero-order chi connectivity index (χ0) is 21.0. The van der Waals surface area contributed by atoms with Crippen LogP contribution in [0, 0.1) is 12.7 Å². The number of hydrogen-bond acceptors (Lipinski definition) is 6. The van der Waals surface area contributed by atoms with Crippen molar-refractivity contribution < 1.29 is 23.1 Å². The zero-order valence-corrected chi connectivity index (χ0v) is 16.9. The van der Waals surface area contributed by atoms with Crippen molar-refractivity contribution in [2.45, 2.75) is 26.4 Å². The lowest BCUT2D eigenvalue weighted by Crippen LogP contribution is -2.52. The molecule has 3 rings (SSSR count). The molecule has 2 aromatic rings. The van der Waals surface area contributed by atoms with Gasteiger partial charge in [0, 0.05) is 31.9 Å². The third-order valence-electron chi connectivity index (χ3n) is 5.18. The van der Waals surface area contributed by atoms with Crippen molar-refractivity contribution in [3.63, 3.8) is 0 Å². The van der Waals surface area contributed by atoms with Crippen molar-refractivity contribution >= 4 is 17.6 Å². The zero-order valence-electron chi connectivity index (χ0n) is 16.9. The van der Waals surface area contributed by atoms with Crippen LogP contribution in [0.25, 0.3) is 0 Å². The number of carbonyl (C=O) groups is 2. The minimum Gasteiger partial charge on any atom is -0.465 e. The molecule has 1 atom stereocenters. The Labute approximate surface area is 169 Å². The molecular weight excluding hydrogens is 377 g/mol. The van der Waals surface area contributed by atoms with Crippen molar-refractivity contribution in [1.29, 1.82) is 0 Å². The second-order valence-corrected chi connectivity index (χ2v) is 7.16. The fourth-order valence-corrected chi connectivity index (χ4v) is 3.44. The Kier molecular flexibility index (Phi) is 6.66. The van der Waals surface area contributed by atoms with Gasteiger partial charge < -0.3 is 14.5 Å². The van der Waals surface area contributed by atoms with Crippen LogP contribution < -0.4 is 5.32 Å². The predicted molar refractivity (Wildman–Crippen MR) is 106 cm³/mol. The average Bonchev–Trinajstić information content (AvgIpc) is 3.07. The summed E-state index contributed by atoms with van der Waals surface area (Å²) in [5, 5.41) is 2.76. The molecule has 1 saturated heterocycles. The lowest BCUT2D eigenvalue weighted by Gasteiger charge is -2.37. The highest BCUT2D eigenvalue weighted by Crippen LogP contribution is 2.19. The molecule has 1 aliphatic heterocycles. The molecule has 29 heavy (non-hydrogen) atoms. The molecule has 2 heterocycles. The lowest BCUT2D eigenvalue weighted by molar-refractivity contribution is -0.121. The number of nitrogens with one attached hydrogen (secondary N) is 1. The molecule has 7 nitrogen and oxygen atoms in total. The van der Waals surface area contributed by atoms with Crippen molar-refractivity contribution in [3.05, 3.63) is 53.2 Å². The number of anilines is 1. The van der Waals surface area contributed by atoms with E-state index in [2.05, 4.69) is 15.1 Å². The van der Waals surface area contributed by atoms with Crippen LogP contribution in [-0.4, -0.2) is 61.0 Å². The van der Waals surface area contributed by atoms with Crippen LogP contribution >= 0.6 is 0 Å². The summed E-state index contributed by atoms with van der Waals surface area (Å²) in [6.07, 6.45) is 0. The second-order valence-electron chi connectivity index (χ2n) is 7.16. The molecule has 0 aliphatic carbocycles. The summed E-state index contributed by atoms with van der Waals surface area (Å²) in [6.45, 7) is 7.17. The van der Waals surface area contributed by atoms with Gasteiger partial charge in [-0.3, -0.25) is 14.6 Å². The van der Waals surface area contributed by atoms with E-state index < -0.39 is 5.97 Å². The van der Waals surface area contributed by atoms with Crippen molar-refractivity contribution in [1.82, 2.24) is 9.80 Å². The molecular formula is C21H26FN3O4. The van der Waals surface area contributed by atoms with Crippen LogP contribution in [0.1, 0.15) is 28.8 Å². The quantitative estimate of drug-likeness (QED) is 0.748. The maximum Gasteiger partial charge on any atom is 0.341 e. The Morgan fingerprint density at radius 3 is 2.62 bits per heavy atom. The first-order valence-electron chi connectivity index (χ1n) is 9.58. The third kappa shape index (κ3) is 5.21. The van der Waals surface area contributed by atoms with E-state index in [0.717, 1.165) is 26.2 Å². The molecule has 1 aliphatic rings. The Hall–Kier alpha value is -2.71. The van der Waals surface area contributed by atoms with E-state index in [-0.39, 0.29) is 17.8 Å². The molecule has 0 saturated carbocycles. The number of ether oxygens (including phenoxy) is 1. The van der Waals surface area contributed by atoms with Gasteiger partial charge in [-0.15, -0.1) is 0 Å². The van der Waals surface area contributed by atoms with Gasteiger partial charge in [-0.05, 0) is 38.1 Å².